The van der Waals surface area contributed by atoms with Gasteiger partial charge in [-0.3, -0.25) is 0 Å². The predicted molar refractivity (Wildman–Crippen MR) is 128 cm³/mol. The number of phenolic OH excluding ortho intramolecular Hbond substituents is 1. The maximum Gasteiger partial charge on any atom is 0.331 e. The molecule has 0 aromatic heterocycles. The standard InChI is InChI=1S/C28H34O3/c1-27(2,3)31-25(30)15-8-20-6-9-21(10-7-20)26(22-11-13-24(29)14-12-22)23-16-18-28(4,5)19-17-23/h6-15,29H,16-19H2,1-5H3/b15-8+. The largest absolute Gasteiger partial charge is 0.508 e. The first kappa shape index (κ1) is 22.9. The number of hydrogen-bond acceptors (Lipinski definition) is 3. The quantitative estimate of drug-likeness (QED) is 0.424. The summed E-state index contributed by atoms with van der Waals surface area (Å²) in [5, 5.41) is 9.74. The van der Waals surface area contributed by atoms with E-state index in [1.165, 1.54) is 30.1 Å². The average molecular weight is 419 g/mol. The molecule has 0 atom stereocenters. The molecule has 1 aliphatic carbocycles. The van der Waals surface area contributed by atoms with Gasteiger partial charge in [0.05, 0.1) is 0 Å². The van der Waals surface area contributed by atoms with E-state index in [9.17, 15) is 9.90 Å². The van der Waals surface area contributed by atoms with Gasteiger partial charge in [0.25, 0.3) is 0 Å². The third kappa shape index (κ3) is 6.58. The van der Waals surface area contributed by atoms with Crippen molar-refractivity contribution in [1.82, 2.24) is 0 Å². The Hall–Kier alpha value is -2.81. The van der Waals surface area contributed by atoms with Crippen LogP contribution in [-0.2, 0) is 9.53 Å². The van der Waals surface area contributed by atoms with Gasteiger partial charge in [-0.25, -0.2) is 4.79 Å². The highest BCUT2D eigenvalue weighted by molar-refractivity contribution is 5.88. The Bertz CT molecular complexity index is 956. The number of ether oxygens (including phenoxy) is 1. The second-order valence-corrected chi connectivity index (χ2v) is 10.2. The Kier molecular flexibility index (Phi) is 6.74. The van der Waals surface area contributed by atoms with E-state index in [0.29, 0.717) is 5.41 Å². The highest BCUT2D eigenvalue weighted by Gasteiger charge is 2.25. The lowest BCUT2D eigenvalue weighted by molar-refractivity contribution is -0.148. The molecule has 0 heterocycles. The number of rotatable bonds is 4. The van der Waals surface area contributed by atoms with Crippen molar-refractivity contribution in [3.8, 4) is 5.75 Å². The van der Waals surface area contributed by atoms with Crippen molar-refractivity contribution in [1.29, 1.82) is 0 Å². The first-order valence-corrected chi connectivity index (χ1v) is 11.1. The molecule has 0 spiro atoms. The number of esters is 1. The molecule has 1 saturated carbocycles. The predicted octanol–water partition coefficient (Wildman–Crippen LogP) is 7.15. The highest BCUT2D eigenvalue weighted by Crippen LogP contribution is 2.42. The molecule has 1 N–H and O–H groups in total. The second-order valence-electron chi connectivity index (χ2n) is 10.2. The molecule has 2 aromatic rings. The number of phenols is 1. The molecule has 164 valence electrons. The number of aromatic hydroxyl groups is 1. The molecule has 0 aliphatic heterocycles. The van der Waals surface area contributed by atoms with Crippen LogP contribution < -0.4 is 0 Å². The molecule has 0 radical (unpaired) electrons. The minimum absolute atomic E-state index is 0.278. The summed E-state index contributed by atoms with van der Waals surface area (Å²) in [5.41, 5.74) is 5.87. The fourth-order valence-corrected chi connectivity index (χ4v) is 3.94. The summed E-state index contributed by atoms with van der Waals surface area (Å²) in [6, 6.07) is 15.8. The van der Waals surface area contributed by atoms with Crippen LogP contribution >= 0.6 is 0 Å². The Morgan fingerprint density at radius 2 is 1.45 bits per heavy atom. The SMILES string of the molecule is CC1(C)CCC(=C(c2ccc(O)cc2)c2ccc(/C=C/C(=O)OC(C)(C)C)cc2)CC1. The number of benzene rings is 2. The lowest BCUT2D eigenvalue weighted by Crippen LogP contribution is -2.22. The first-order chi connectivity index (χ1) is 14.5. The zero-order valence-corrected chi connectivity index (χ0v) is 19.4. The van der Waals surface area contributed by atoms with Crippen molar-refractivity contribution in [2.75, 3.05) is 0 Å². The summed E-state index contributed by atoms with van der Waals surface area (Å²) in [4.78, 5) is 11.9. The summed E-state index contributed by atoms with van der Waals surface area (Å²) in [7, 11) is 0. The molecule has 1 fully saturated rings. The molecule has 0 saturated heterocycles. The van der Waals surface area contributed by atoms with Crippen LogP contribution in [0.1, 0.15) is 77.0 Å². The molecule has 3 heteroatoms. The molecular weight excluding hydrogens is 384 g/mol. The molecule has 31 heavy (non-hydrogen) atoms. The molecule has 3 rings (SSSR count). The summed E-state index contributed by atoms with van der Waals surface area (Å²) in [5.74, 6) is -0.0613. The fourth-order valence-electron chi connectivity index (χ4n) is 3.94. The smallest absolute Gasteiger partial charge is 0.331 e. The van der Waals surface area contributed by atoms with Crippen molar-refractivity contribution in [2.45, 2.75) is 65.9 Å². The first-order valence-electron chi connectivity index (χ1n) is 11.1. The van der Waals surface area contributed by atoms with Crippen molar-refractivity contribution in [2.24, 2.45) is 5.41 Å². The van der Waals surface area contributed by atoms with Crippen LogP contribution in [0.15, 0.2) is 60.2 Å². The summed E-state index contributed by atoms with van der Waals surface area (Å²) in [6.07, 6.45) is 7.80. The molecule has 0 unspecified atom stereocenters. The van der Waals surface area contributed by atoms with Crippen molar-refractivity contribution in [3.05, 3.63) is 76.9 Å². The van der Waals surface area contributed by atoms with Gasteiger partial charge < -0.3 is 9.84 Å². The maximum absolute atomic E-state index is 11.9. The third-order valence-corrected chi connectivity index (χ3v) is 5.73. The summed E-state index contributed by atoms with van der Waals surface area (Å²) >= 11 is 0. The van der Waals surface area contributed by atoms with Crippen molar-refractivity contribution >= 4 is 17.6 Å². The molecule has 3 nitrogen and oxygen atoms in total. The van der Waals surface area contributed by atoms with Crippen LogP contribution in [-0.4, -0.2) is 16.7 Å². The van der Waals surface area contributed by atoms with Gasteiger partial charge in [0.2, 0.25) is 0 Å². The van der Waals surface area contributed by atoms with Gasteiger partial charge in [-0.15, -0.1) is 0 Å². The van der Waals surface area contributed by atoms with Crippen LogP contribution in [0.25, 0.3) is 11.6 Å². The Labute approximate surface area is 186 Å². The molecule has 0 amide bonds. The van der Waals surface area contributed by atoms with E-state index < -0.39 is 5.60 Å². The monoisotopic (exact) mass is 418 g/mol. The lowest BCUT2D eigenvalue weighted by Gasteiger charge is -2.32. The second kappa shape index (κ2) is 9.13. The van der Waals surface area contributed by atoms with E-state index >= 15 is 0 Å². The van der Waals surface area contributed by atoms with E-state index in [1.807, 2.05) is 45.0 Å². The topological polar surface area (TPSA) is 46.5 Å². The van der Waals surface area contributed by atoms with E-state index in [2.05, 4.69) is 26.0 Å². The Morgan fingerprint density at radius 1 is 0.935 bits per heavy atom. The Morgan fingerprint density at radius 3 is 1.97 bits per heavy atom. The minimum atomic E-state index is -0.495. The van der Waals surface area contributed by atoms with E-state index in [0.717, 1.165) is 29.5 Å². The number of carbonyl (C=O) groups is 1. The zero-order valence-electron chi connectivity index (χ0n) is 19.4. The fraction of sp³-hybridized carbons (Fsp3) is 0.393. The zero-order chi connectivity index (χ0) is 22.6. The highest BCUT2D eigenvalue weighted by atomic mass is 16.6. The summed E-state index contributed by atoms with van der Waals surface area (Å²) < 4.78 is 5.33. The maximum atomic E-state index is 11.9. The third-order valence-electron chi connectivity index (χ3n) is 5.73. The molecule has 2 aromatic carbocycles. The number of allylic oxidation sites excluding steroid dienone is 1. The molecule has 0 bridgehead atoms. The number of hydrogen-bond donors (Lipinski definition) is 1. The van der Waals surface area contributed by atoms with Gasteiger partial charge in [-0.1, -0.05) is 55.8 Å². The van der Waals surface area contributed by atoms with E-state index in [1.54, 1.807) is 18.2 Å². The van der Waals surface area contributed by atoms with E-state index in [4.69, 9.17) is 4.74 Å². The van der Waals surface area contributed by atoms with Crippen LogP contribution in [0, 0.1) is 5.41 Å². The van der Waals surface area contributed by atoms with Gasteiger partial charge in [0.1, 0.15) is 11.4 Å². The van der Waals surface area contributed by atoms with Crippen molar-refractivity contribution in [3.63, 3.8) is 0 Å². The van der Waals surface area contributed by atoms with Crippen LogP contribution in [0.5, 0.6) is 5.75 Å². The van der Waals surface area contributed by atoms with Crippen molar-refractivity contribution < 1.29 is 14.6 Å². The normalized spacial score (nSPS) is 16.4. The molecular formula is C28H34O3. The number of carbonyl (C=O) groups excluding carboxylic acids is 1. The van der Waals surface area contributed by atoms with Gasteiger partial charge in [-0.2, -0.15) is 0 Å². The van der Waals surface area contributed by atoms with Crippen LogP contribution in [0.2, 0.25) is 0 Å². The lowest BCUT2D eigenvalue weighted by atomic mass is 9.73. The Balaban J connectivity index is 1.88. The van der Waals surface area contributed by atoms with Crippen LogP contribution in [0.4, 0.5) is 0 Å². The van der Waals surface area contributed by atoms with Crippen LogP contribution in [0.3, 0.4) is 0 Å². The van der Waals surface area contributed by atoms with Gasteiger partial charge in [0, 0.05) is 6.08 Å². The van der Waals surface area contributed by atoms with Gasteiger partial charge >= 0.3 is 5.97 Å². The minimum Gasteiger partial charge on any atom is -0.508 e. The average Bonchev–Trinajstić information content (AvgIpc) is 2.69. The van der Waals surface area contributed by atoms with E-state index in [-0.39, 0.29) is 11.7 Å². The molecule has 1 aliphatic rings. The summed E-state index contributed by atoms with van der Waals surface area (Å²) in [6.45, 7) is 10.3. The van der Waals surface area contributed by atoms with Gasteiger partial charge in [0.15, 0.2) is 0 Å². The van der Waals surface area contributed by atoms with Gasteiger partial charge in [-0.05, 0) is 92.3 Å².